The zero-order valence-electron chi connectivity index (χ0n) is 29.0. The van der Waals surface area contributed by atoms with Gasteiger partial charge in [-0.05, 0) is 79.9 Å². The molecular formula is C37H42Cl2N8O4. The molecular weight excluding hydrogens is 691 g/mol. The molecule has 0 saturated carbocycles. The van der Waals surface area contributed by atoms with Crippen LogP contribution in [0.2, 0.25) is 10.0 Å². The molecule has 0 N–H and O–H groups in total. The number of aryl methyl sites for hydroxylation is 2. The number of nitrogens with zero attached hydrogens (tertiary/aromatic N) is 8. The van der Waals surface area contributed by atoms with Crippen molar-refractivity contribution in [2.45, 2.75) is 52.2 Å². The molecule has 3 aromatic carbocycles. The van der Waals surface area contributed by atoms with Crippen LogP contribution in [-0.4, -0.2) is 74.6 Å². The number of hydrogen-bond donors (Lipinski definition) is 0. The van der Waals surface area contributed by atoms with Gasteiger partial charge < -0.3 is 24.0 Å². The molecule has 51 heavy (non-hydrogen) atoms. The van der Waals surface area contributed by atoms with Gasteiger partial charge in [-0.1, -0.05) is 43.1 Å². The van der Waals surface area contributed by atoms with Crippen LogP contribution in [0.15, 0.2) is 84.2 Å². The second kappa shape index (κ2) is 15.1. The summed E-state index contributed by atoms with van der Waals surface area (Å²) in [6.07, 6.45) is 3.66. The first kappa shape index (κ1) is 35.1. The summed E-state index contributed by atoms with van der Waals surface area (Å²) in [5.41, 5.74) is 3.70. The number of rotatable bonds is 12. The van der Waals surface area contributed by atoms with Crippen molar-refractivity contribution in [1.82, 2.24) is 29.1 Å². The van der Waals surface area contributed by atoms with Gasteiger partial charge >= 0.3 is 5.69 Å². The highest BCUT2D eigenvalue weighted by molar-refractivity contribution is 6.35. The predicted molar refractivity (Wildman–Crippen MR) is 197 cm³/mol. The lowest BCUT2D eigenvalue weighted by Crippen LogP contribution is -2.46. The van der Waals surface area contributed by atoms with Crippen molar-refractivity contribution in [3.63, 3.8) is 0 Å². The maximum Gasteiger partial charge on any atom is 0.350 e. The number of benzene rings is 3. The van der Waals surface area contributed by atoms with E-state index in [9.17, 15) is 4.79 Å². The lowest BCUT2D eigenvalue weighted by Gasteiger charge is -2.37. The molecule has 0 amide bonds. The summed E-state index contributed by atoms with van der Waals surface area (Å²) < 4.78 is 23.8. The SMILES string of the molecule is Cc1nn(CCC(C)C)c(=O)n1-c1ccc(N2CCN(c3ccc(OC[C@@H]4CO[C@@](Cn5cncn5)(c5ccc(Cl)cc5Cl)O4)cc3)CC2)cc1. The first-order chi connectivity index (χ1) is 24.7. The fraction of sp³-hybridized carbons (Fsp3) is 0.405. The average Bonchev–Trinajstić information content (AvgIpc) is 3.86. The zero-order valence-corrected chi connectivity index (χ0v) is 30.5. The Labute approximate surface area is 307 Å². The van der Waals surface area contributed by atoms with Crippen LogP contribution in [0.3, 0.4) is 0 Å². The molecule has 2 aromatic heterocycles. The van der Waals surface area contributed by atoms with E-state index in [1.54, 1.807) is 32.4 Å². The highest BCUT2D eigenvalue weighted by atomic mass is 35.5. The van der Waals surface area contributed by atoms with Gasteiger partial charge in [-0.15, -0.1) is 0 Å². The molecule has 12 nitrogen and oxygen atoms in total. The third-order valence-electron chi connectivity index (χ3n) is 9.35. The summed E-state index contributed by atoms with van der Waals surface area (Å²) in [4.78, 5) is 21.8. The molecule has 2 atom stereocenters. The van der Waals surface area contributed by atoms with Crippen molar-refractivity contribution in [2.24, 2.45) is 5.92 Å². The lowest BCUT2D eigenvalue weighted by atomic mass is 10.1. The van der Waals surface area contributed by atoms with Gasteiger partial charge in [-0.25, -0.2) is 23.7 Å². The van der Waals surface area contributed by atoms with Crippen LogP contribution in [0.4, 0.5) is 11.4 Å². The second-order valence-corrected chi connectivity index (χ2v) is 14.2. The molecule has 14 heteroatoms. The molecule has 4 heterocycles. The van der Waals surface area contributed by atoms with E-state index in [-0.39, 0.29) is 18.3 Å². The van der Waals surface area contributed by atoms with Crippen molar-refractivity contribution < 1.29 is 14.2 Å². The fourth-order valence-corrected chi connectivity index (χ4v) is 7.15. The van der Waals surface area contributed by atoms with Crippen molar-refractivity contribution in [2.75, 3.05) is 49.2 Å². The topological polar surface area (TPSA) is 105 Å². The van der Waals surface area contributed by atoms with Gasteiger partial charge in [0.15, 0.2) is 0 Å². The Hall–Kier alpha value is -4.36. The van der Waals surface area contributed by atoms with E-state index in [0.717, 1.165) is 55.4 Å². The van der Waals surface area contributed by atoms with Crippen molar-refractivity contribution >= 4 is 34.6 Å². The standard InChI is InChI=1S/C37H42Cl2N8O4/c1-26(2)14-15-46-36(48)47(27(3)42-46)31-7-5-29(6-8-31)43-16-18-44(19-17-43)30-9-11-32(12-10-30)49-21-33-22-50-37(51-33,23-45-25-40-24-41-45)34-13-4-28(38)20-35(34)39/h4-13,20,24-26,33H,14-19,21-23H2,1-3H3/t33-,37-/m1/s1. The molecule has 5 aromatic rings. The molecule has 2 aliphatic heterocycles. The Morgan fingerprint density at radius 3 is 2.24 bits per heavy atom. The van der Waals surface area contributed by atoms with Gasteiger partial charge in [0.25, 0.3) is 0 Å². The molecule has 0 bridgehead atoms. The van der Waals surface area contributed by atoms with Gasteiger partial charge in [0.1, 0.15) is 43.5 Å². The van der Waals surface area contributed by atoms with Gasteiger partial charge in [-0.2, -0.15) is 10.2 Å². The van der Waals surface area contributed by atoms with E-state index < -0.39 is 5.79 Å². The smallest absolute Gasteiger partial charge is 0.350 e. The van der Waals surface area contributed by atoms with Crippen LogP contribution in [0, 0.1) is 12.8 Å². The van der Waals surface area contributed by atoms with Gasteiger partial charge in [-0.3, -0.25) is 0 Å². The molecule has 268 valence electrons. The summed E-state index contributed by atoms with van der Waals surface area (Å²) in [5, 5.41) is 9.71. The maximum atomic E-state index is 13.0. The largest absolute Gasteiger partial charge is 0.491 e. The number of piperazine rings is 1. The van der Waals surface area contributed by atoms with E-state index in [4.69, 9.17) is 37.4 Å². The van der Waals surface area contributed by atoms with Crippen molar-refractivity contribution in [3.8, 4) is 11.4 Å². The van der Waals surface area contributed by atoms with E-state index in [0.29, 0.717) is 47.1 Å². The maximum absolute atomic E-state index is 13.0. The molecule has 0 aliphatic carbocycles. The fourth-order valence-electron chi connectivity index (χ4n) is 6.60. The third kappa shape index (κ3) is 7.79. The minimum Gasteiger partial charge on any atom is -0.491 e. The molecule has 2 fully saturated rings. The van der Waals surface area contributed by atoms with Gasteiger partial charge in [0.2, 0.25) is 5.79 Å². The summed E-state index contributed by atoms with van der Waals surface area (Å²) >= 11 is 12.8. The Balaban J connectivity index is 0.922. The molecule has 7 rings (SSSR count). The van der Waals surface area contributed by atoms with Crippen LogP contribution in [-0.2, 0) is 28.4 Å². The molecule has 2 saturated heterocycles. The van der Waals surface area contributed by atoms with Gasteiger partial charge in [0, 0.05) is 54.7 Å². The summed E-state index contributed by atoms with van der Waals surface area (Å²) in [7, 11) is 0. The minimum atomic E-state index is -1.16. The molecule has 0 spiro atoms. The Morgan fingerprint density at radius 1 is 0.941 bits per heavy atom. The van der Waals surface area contributed by atoms with Crippen LogP contribution in [0.25, 0.3) is 5.69 Å². The summed E-state index contributed by atoms with van der Waals surface area (Å²) in [6.45, 7) is 11.2. The van der Waals surface area contributed by atoms with E-state index in [1.165, 1.54) is 6.33 Å². The lowest BCUT2D eigenvalue weighted by molar-refractivity contribution is -0.190. The number of anilines is 2. The van der Waals surface area contributed by atoms with Crippen LogP contribution in [0.5, 0.6) is 5.75 Å². The highest BCUT2D eigenvalue weighted by Gasteiger charge is 2.45. The van der Waals surface area contributed by atoms with Crippen LogP contribution < -0.4 is 20.2 Å². The number of hydrogen-bond acceptors (Lipinski definition) is 9. The third-order valence-corrected chi connectivity index (χ3v) is 9.90. The number of ether oxygens (including phenoxy) is 3. The first-order valence-corrected chi connectivity index (χ1v) is 18.0. The normalized spacial score (nSPS) is 19.3. The Morgan fingerprint density at radius 2 is 1.61 bits per heavy atom. The van der Waals surface area contributed by atoms with Crippen LogP contribution in [0.1, 0.15) is 31.7 Å². The molecule has 0 radical (unpaired) electrons. The Bertz CT molecular complexity index is 1970. The first-order valence-electron chi connectivity index (χ1n) is 17.3. The summed E-state index contributed by atoms with van der Waals surface area (Å²) in [5.74, 6) is 0.798. The van der Waals surface area contributed by atoms with E-state index in [2.05, 4.69) is 63.1 Å². The van der Waals surface area contributed by atoms with Crippen LogP contribution >= 0.6 is 23.2 Å². The zero-order chi connectivity index (χ0) is 35.5. The van der Waals surface area contributed by atoms with Crippen molar-refractivity contribution in [3.05, 3.63) is 111 Å². The second-order valence-electron chi connectivity index (χ2n) is 13.4. The molecule has 2 aliphatic rings. The van der Waals surface area contributed by atoms with E-state index in [1.807, 2.05) is 37.3 Å². The number of aromatic nitrogens is 6. The highest BCUT2D eigenvalue weighted by Crippen LogP contribution is 2.40. The van der Waals surface area contributed by atoms with Gasteiger partial charge in [0.05, 0.1) is 17.3 Å². The van der Waals surface area contributed by atoms with Crippen molar-refractivity contribution in [1.29, 1.82) is 0 Å². The predicted octanol–water partition coefficient (Wildman–Crippen LogP) is 5.96. The average molecular weight is 734 g/mol. The van der Waals surface area contributed by atoms with E-state index >= 15 is 0 Å². The summed E-state index contributed by atoms with van der Waals surface area (Å²) in [6, 6.07) is 21.6. The Kier molecular flexibility index (Phi) is 10.4. The number of halogens is 2. The quantitative estimate of drug-likeness (QED) is 0.154. The monoisotopic (exact) mass is 732 g/mol. The molecule has 0 unspecified atom stereocenters. The minimum absolute atomic E-state index is 0.0901.